The van der Waals surface area contributed by atoms with Crippen molar-refractivity contribution in [3.8, 4) is 22.3 Å². The standard InChI is InChI=1S/C32H30/c1-3-13-27-29-21-25-19-11-12-20-26(25)22-30(29)28(14-4-2)32(24-17-9-6-10-18-24)31(27)23-15-7-5-8-16-23/h5-12,15-22H,3-4,13-14H2,1-2H3. The molecule has 0 saturated heterocycles. The second kappa shape index (κ2) is 9.01. The highest BCUT2D eigenvalue weighted by Gasteiger charge is 2.21. The average molecular weight is 415 g/mol. The first-order chi connectivity index (χ1) is 15.8. The van der Waals surface area contributed by atoms with Crippen LogP contribution in [-0.2, 0) is 12.8 Å². The first kappa shape index (κ1) is 20.5. The molecule has 0 heterocycles. The molecule has 0 saturated carbocycles. The summed E-state index contributed by atoms with van der Waals surface area (Å²) in [6.07, 6.45) is 4.41. The fourth-order valence-corrected chi connectivity index (χ4v) is 5.18. The van der Waals surface area contributed by atoms with Gasteiger partial charge in [0.15, 0.2) is 0 Å². The van der Waals surface area contributed by atoms with Crippen LogP contribution < -0.4 is 0 Å². The van der Waals surface area contributed by atoms with Gasteiger partial charge in [0.05, 0.1) is 0 Å². The van der Waals surface area contributed by atoms with E-state index < -0.39 is 0 Å². The normalized spacial score (nSPS) is 11.3. The molecule has 0 aliphatic heterocycles. The molecule has 0 spiro atoms. The maximum Gasteiger partial charge on any atom is -0.00641 e. The van der Waals surface area contributed by atoms with Crippen molar-refractivity contribution in [3.05, 3.63) is 108 Å². The van der Waals surface area contributed by atoms with E-state index in [0.29, 0.717) is 0 Å². The van der Waals surface area contributed by atoms with Gasteiger partial charge in [-0.25, -0.2) is 0 Å². The van der Waals surface area contributed by atoms with Gasteiger partial charge in [0.25, 0.3) is 0 Å². The number of benzene rings is 5. The lowest BCUT2D eigenvalue weighted by Crippen LogP contribution is -2.02. The highest BCUT2D eigenvalue weighted by Crippen LogP contribution is 2.45. The van der Waals surface area contributed by atoms with Gasteiger partial charge < -0.3 is 0 Å². The molecule has 32 heavy (non-hydrogen) atoms. The Labute approximate surface area is 191 Å². The minimum Gasteiger partial charge on any atom is -0.0651 e. The average Bonchev–Trinajstić information content (AvgIpc) is 2.85. The quantitative estimate of drug-likeness (QED) is 0.243. The molecule has 5 aromatic rings. The van der Waals surface area contributed by atoms with Gasteiger partial charge in [-0.3, -0.25) is 0 Å². The van der Waals surface area contributed by atoms with Crippen LogP contribution in [0.1, 0.15) is 37.8 Å². The lowest BCUT2D eigenvalue weighted by molar-refractivity contribution is 0.919. The van der Waals surface area contributed by atoms with Crippen LogP contribution in [0, 0.1) is 0 Å². The fourth-order valence-electron chi connectivity index (χ4n) is 5.18. The van der Waals surface area contributed by atoms with Crippen LogP contribution in [0.3, 0.4) is 0 Å². The van der Waals surface area contributed by atoms with Gasteiger partial charge in [0.2, 0.25) is 0 Å². The monoisotopic (exact) mass is 414 g/mol. The second-order valence-electron chi connectivity index (χ2n) is 8.68. The van der Waals surface area contributed by atoms with Gasteiger partial charge >= 0.3 is 0 Å². The summed E-state index contributed by atoms with van der Waals surface area (Å²) in [4.78, 5) is 0. The molecule has 158 valence electrons. The minimum absolute atomic E-state index is 1.07. The molecule has 0 amide bonds. The topological polar surface area (TPSA) is 0 Å². The Balaban J connectivity index is 2.02. The zero-order chi connectivity index (χ0) is 21.9. The van der Waals surface area contributed by atoms with Crippen molar-refractivity contribution in [2.45, 2.75) is 39.5 Å². The van der Waals surface area contributed by atoms with Crippen molar-refractivity contribution < 1.29 is 0 Å². The third-order valence-electron chi connectivity index (χ3n) is 6.51. The van der Waals surface area contributed by atoms with Crippen molar-refractivity contribution in [2.75, 3.05) is 0 Å². The Hall–Kier alpha value is -3.38. The van der Waals surface area contributed by atoms with E-state index in [1.165, 1.54) is 54.9 Å². The van der Waals surface area contributed by atoms with Crippen LogP contribution in [-0.4, -0.2) is 0 Å². The van der Waals surface area contributed by atoms with Gasteiger partial charge in [0.1, 0.15) is 0 Å². The fraction of sp³-hybridized carbons (Fsp3) is 0.188. The summed E-state index contributed by atoms with van der Waals surface area (Å²) in [6.45, 7) is 4.59. The summed E-state index contributed by atoms with van der Waals surface area (Å²) in [5.41, 5.74) is 8.45. The van der Waals surface area contributed by atoms with Crippen LogP contribution in [0.25, 0.3) is 43.8 Å². The number of aryl methyl sites for hydroxylation is 2. The summed E-state index contributed by atoms with van der Waals surface area (Å²) in [7, 11) is 0. The number of fused-ring (bicyclic) bond motifs is 2. The maximum absolute atomic E-state index is 2.44. The van der Waals surface area contributed by atoms with Crippen molar-refractivity contribution >= 4 is 21.5 Å². The first-order valence-electron chi connectivity index (χ1n) is 11.9. The van der Waals surface area contributed by atoms with Crippen LogP contribution in [0.5, 0.6) is 0 Å². The van der Waals surface area contributed by atoms with Crippen LogP contribution >= 0.6 is 0 Å². The summed E-state index contributed by atoms with van der Waals surface area (Å²) >= 11 is 0. The van der Waals surface area contributed by atoms with Gasteiger partial charge in [0, 0.05) is 0 Å². The first-order valence-corrected chi connectivity index (χ1v) is 11.9. The summed E-state index contributed by atoms with van der Waals surface area (Å²) < 4.78 is 0. The highest BCUT2D eigenvalue weighted by molar-refractivity contribution is 6.08. The summed E-state index contributed by atoms with van der Waals surface area (Å²) in [6, 6.07) is 35.7. The Bertz CT molecular complexity index is 1250. The smallest absolute Gasteiger partial charge is 0.00641 e. The van der Waals surface area contributed by atoms with Gasteiger partial charge in [-0.2, -0.15) is 0 Å². The maximum atomic E-state index is 2.44. The molecule has 5 rings (SSSR count). The molecule has 0 fully saturated rings. The Morgan fingerprint density at radius 1 is 0.469 bits per heavy atom. The van der Waals surface area contributed by atoms with E-state index in [-0.39, 0.29) is 0 Å². The molecule has 0 bridgehead atoms. The van der Waals surface area contributed by atoms with E-state index in [2.05, 4.69) is 111 Å². The van der Waals surface area contributed by atoms with Crippen molar-refractivity contribution in [2.24, 2.45) is 0 Å². The van der Waals surface area contributed by atoms with E-state index in [4.69, 9.17) is 0 Å². The van der Waals surface area contributed by atoms with E-state index in [1.54, 1.807) is 0 Å². The largest absolute Gasteiger partial charge is 0.0651 e. The molecule has 0 aliphatic rings. The van der Waals surface area contributed by atoms with E-state index in [0.717, 1.165) is 25.7 Å². The van der Waals surface area contributed by atoms with E-state index >= 15 is 0 Å². The number of hydrogen-bond donors (Lipinski definition) is 0. The Morgan fingerprint density at radius 3 is 1.22 bits per heavy atom. The molecule has 0 radical (unpaired) electrons. The number of hydrogen-bond acceptors (Lipinski definition) is 0. The van der Waals surface area contributed by atoms with Crippen molar-refractivity contribution in [1.82, 2.24) is 0 Å². The van der Waals surface area contributed by atoms with Gasteiger partial charge in [-0.15, -0.1) is 0 Å². The van der Waals surface area contributed by atoms with Crippen LogP contribution in [0.4, 0.5) is 0 Å². The Morgan fingerprint density at radius 2 is 0.844 bits per heavy atom. The molecule has 0 heteroatoms. The molecule has 0 unspecified atom stereocenters. The molecule has 0 aliphatic carbocycles. The van der Waals surface area contributed by atoms with Crippen molar-refractivity contribution in [3.63, 3.8) is 0 Å². The lowest BCUT2D eigenvalue weighted by atomic mass is 9.80. The van der Waals surface area contributed by atoms with E-state index in [1.807, 2.05) is 0 Å². The zero-order valence-electron chi connectivity index (χ0n) is 19.1. The molecule has 5 aromatic carbocycles. The predicted molar refractivity (Wildman–Crippen MR) is 140 cm³/mol. The summed E-state index contributed by atoms with van der Waals surface area (Å²) in [5, 5.41) is 5.50. The van der Waals surface area contributed by atoms with Gasteiger partial charge in [-0.1, -0.05) is 112 Å². The molecule has 0 atom stereocenters. The second-order valence-corrected chi connectivity index (χ2v) is 8.68. The van der Waals surface area contributed by atoms with Crippen LogP contribution in [0.15, 0.2) is 97.1 Å². The molecule has 0 aromatic heterocycles. The molecular weight excluding hydrogens is 384 g/mol. The third-order valence-corrected chi connectivity index (χ3v) is 6.51. The number of rotatable bonds is 6. The Kier molecular flexibility index (Phi) is 5.77. The third kappa shape index (κ3) is 3.60. The van der Waals surface area contributed by atoms with Crippen molar-refractivity contribution in [1.29, 1.82) is 0 Å². The highest BCUT2D eigenvalue weighted by atomic mass is 14.2. The minimum atomic E-state index is 1.07. The molecule has 0 N–H and O–H groups in total. The zero-order valence-corrected chi connectivity index (χ0v) is 19.1. The SMILES string of the molecule is CCCc1c(-c2ccccc2)c(-c2ccccc2)c(CCC)c2cc3ccccc3cc12. The summed E-state index contributed by atoms with van der Waals surface area (Å²) in [5.74, 6) is 0. The lowest BCUT2D eigenvalue weighted by Gasteiger charge is -2.24. The van der Waals surface area contributed by atoms with E-state index in [9.17, 15) is 0 Å². The van der Waals surface area contributed by atoms with Crippen LogP contribution in [0.2, 0.25) is 0 Å². The molecular formula is C32H30. The predicted octanol–water partition coefficient (Wildman–Crippen LogP) is 9.23. The van der Waals surface area contributed by atoms with Gasteiger partial charge in [-0.05, 0) is 79.9 Å². The molecule has 0 nitrogen and oxygen atoms in total.